The second kappa shape index (κ2) is 8.32. The zero-order valence-electron chi connectivity index (χ0n) is 15.8. The fourth-order valence-corrected chi connectivity index (χ4v) is 4.86. The van der Waals surface area contributed by atoms with Crippen molar-refractivity contribution in [3.63, 3.8) is 0 Å². The molecule has 6 nitrogen and oxygen atoms in total. The molecule has 142 valence electrons. The molecule has 2 heterocycles. The molecule has 0 spiro atoms. The van der Waals surface area contributed by atoms with E-state index in [1.807, 2.05) is 19.9 Å². The number of carboxylic acid groups (broad SMARTS) is 1. The molecule has 25 heavy (non-hydrogen) atoms. The third-order valence-electron chi connectivity index (χ3n) is 5.61. The number of piperidine rings is 1. The van der Waals surface area contributed by atoms with Gasteiger partial charge in [-0.15, -0.1) is 0 Å². The predicted molar refractivity (Wildman–Crippen MR) is 96.3 cm³/mol. The Labute approximate surface area is 150 Å². The van der Waals surface area contributed by atoms with Crippen LogP contribution in [0.5, 0.6) is 0 Å². The largest absolute Gasteiger partial charge is 0.480 e. The molecular formula is C19H32N2O4. The Morgan fingerprint density at radius 3 is 2.64 bits per heavy atom. The summed E-state index contributed by atoms with van der Waals surface area (Å²) in [4.78, 5) is 25.8. The van der Waals surface area contributed by atoms with Crippen LogP contribution in [-0.2, 0) is 14.3 Å². The molecule has 2 fully saturated rings. The number of hydrogen-bond donors (Lipinski definition) is 2. The molecule has 0 aliphatic carbocycles. The molecule has 0 bridgehead atoms. The maximum Gasteiger partial charge on any atom is 0.320 e. The van der Waals surface area contributed by atoms with Crippen molar-refractivity contribution >= 4 is 11.9 Å². The molecule has 2 saturated heterocycles. The standard InChI is InChI=1S/C19H32N2O4/c1-5-8-14-12-15(18(23)24)21-11-10-19(9-6-2,25-7-3)17(16(14)21)20-13(4)22/h5,8,14-17H,6-7,9-12H2,1-4H3,(H,20,22)(H,23,24)/b8-5-/t14-,15-,16-,17-,19-/m1/s1. The van der Waals surface area contributed by atoms with Crippen LogP contribution in [0, 0.1) is 5.92 Å². The number of ether oxygens (including phenoxy) is 1. The van der Waals surface area contributed by atoms with Gasteiger partial charge in [-0.3, -0.25) is 14.5 Å². The summed E-state index contributed by atoms with van der Waals surface area (Å²) >= 11 is 0. The summed E-state index contributed by atoms with van der Waals surface area (Å²) < 4.78 is 6.24. The number of rotatable bonds is 7. The third kappa shape index (κ3) is 3.90. The Balaban J connectivity index is 2.46. The van der Waals surface area contributed by atoms with Gasteiger partial charge in [0, 0.05) is 26.1 Å². The van der Waals surface area contributed by atoms with Gasteiger partial charge in [-0.1, -0.05) is 25.5 Å². The SMILES string of the molecule is C/C=C\[C@@H]1C[C@H](C(=O)O)N2CC[C@@](CCC)(OCC)[C@H](NC(C)=O)[C@@H]12. The molecule has 0 radical (unpaired) electrons. The highest BCUT2D eigenvalue weighted by Gasteiger charge is 2.57. The first-order valence-corrected chi connectivity index (χ1v) is 9.42. The van der Waals surface area contributed by atoms with Crippen LogP contribution in [0.15, 0.2) is 12.2 Å². The molecule has 0 aromatic rings. The van der Waals surface area contributed by atoms with Crippen LogP contribution < -0.4 is 5.32 Å². The second-order valence-electron chi connectivity index (χ2n) is 7.18. The van der Waals surface area contributed by atoms with E-state index in [1.54, 1.807) is 0 Å². The monoisotopic (exact) mass is 352 g/mol. The van der Waals surface area contributed by atoms with E-state index in [-0.39, 0.29) is 23.9 Å². The minimum absolute atomic E-state index is 0.0481. The summed E-state index contributed by atoms with van der Waals surface area (Å²) in [5.74, 6) is -0.775. The first kappa shape index (κ1) is 19.9. The summed E-state index contributed by atoms with van der Waals surface area (Å²) in [6, 6.07) is -0.749. The Bertz CT molecular complexity index is 514. The van der Waals surface area contributed by atoms with Crippen molar-refractivity contribution in [2.75, 3.05) is 13.2 Å². The highest BCUT2D eigenvalue weighted by atomic mass is 16.5. The molecule has 2 aliphatic heterocycles. The maximum absolute atomic E-state index is 12.0. The smallest absolute Gasteiger partial charge is 0.320 e. The van der Waals surface area contributed by atoms with E-state index in [1.165, 1.54) is 6.92 Å². The number of fused-ring (bicyclic) bond motifs is 1. The van der Waals surface area contributed by atoms with E-state index in [2.05, 4.69) is 23.2 Å². The lowest BCUT2D eigenvalue weighted by Gasteiger charge is -2.52. The molecule has 1 amide bonds. The van der Waals surface area contributed by atoms with Crippen molar-refractivity contribution in [2.45, 2.75) is 77.1 Å². The minimum atomic E-state index is -0.780. The molecule has 0 aromatic carbocycles. The Kier molecular flexibility index (Phi) is 6.63. The number of allylic oxidation sites excluding steroid dienone is 1. The zero-order valence-corrected chi connectivity index (χ0v) is 15.8. The van der Waals surface area contributed by atoms with E-state index in [9.17, 15) is 14.7 Å². The van der Waals surface area contributed by atoms with Crippen molar-refractivity contribution in [1.82, 2.24) is 10.2 Å². The Morgan fingerprint density at radius 1 is 1.40 bits per heavy atom. The van der Waals surface area contributed by atoms with E-state index >= 15 is 0 Å². The van der Waals surface area contributed by atoms with Crippen molar-refractivity contribution < 1.29 is 19.4 Å². The van der Waals surface area contributed by atoms with Gasteiger partial charge < -0.3 is 15.2 Å². The van der Waals surface area contributed by atoms with Crippen LogP contribution in [-0.4, -0.2) is 58.8 Å². The zero-order chi connectivity index (χ0) is 18.6. The van der Waals surface area contributed by atoms with Gasteiger partial charge in [0.1, 0.15) is 6.04 Å². The van der Waals surface area contributed by atoms with Crippen LogP contribution in [0.1, 0.15) is 53.4 Å². The highest BCUT2D eigenvalue weighted by Crippen LogP contribution is 2.44. The van der Waals surface area contributed by atoms with Gasteiger partial charge in [0.25, 0.3) is 0 Å². The lowest BCUT2D eigenvalue weighted by molar-refractivity contribution is -0.152. The normalized spacial score (nSPS) is 35.7. The Morgan fingerprint density at radius 2 is 2.12 bits per heavy atom. The van der Waals surface area contributed by atoms with Gasteiger partial charge in [0.05, 0.1) is 11.6 Å². The number of carbonyl (C=O) groups excluding carboxylic acids is 1. The number of nitrogens with zero attached hydrogens (tertiary/aromatic N) is 1. The molecule has 2 N–H and O–H groups in total. The van der Waals surface area contributed by atoms with Gasteiger partial charge in [0.15, 0.2) is 0 Å². The van der Waals surface area contributed by atoms with Crippen molar-refractivity contribution in [3.05, 3.63) is 12.2 Å². The van der Waals surface area contributed by atoms with Gasteiger partial charge in [-0.05, 0) is 39.0 Å². The molecule has 2 aliphatic rings. The fourth-order valence-electron chi connectivity index (χ4n) is 4.86. The highest BCUT2D eigenvalue weighted by molar-refractivity contribution is 5.75. The second-order valence-corrected chi connectivity index (χ2v) is 7.18. The van der Waals surface area contributed by atoms with E-state index in [0.29, 0.717) is 19.6 Å². The minimum Gasteiger partial charge on any atom is -0.480 e. The van der Waals surface area contributed by atoms with Crippen molar-refractivity contribution in [1.29, 1.82) is 0 Å². The van der Waals surface area contributed by atoms with E-state index in [4.69, 9.17) is 4.74 Å². The summed E-state index contributed by atoms with van der Waals surface area (Å²) in [5.41, 5.74) is -0.427. The molecule has 6 heteroatoms. The number of nitrogens with one attached hydrogen (secondary N) is 1. The first-order valence-electron chi connectivity index (χ1n) is 9.42. The summed E-state index contributed by atoms with van der Waals surface area (Å²) in [5, 5.41) is 12.8. The number of carbonyl (C=O) groups is 2. The third-order valence-corrected chi connectivity index (χ3v) is 5.61. The molecular weight excluding hydrogens is 320 g/mol. The Hall–Kier alpha value is -1.40. The van der Waals surface area contributed by atoms with Crippen LogP contribution >= 0.6 is 0 Å². The molecule has 5 atom stereocenters. The van der Waals surface area contributed by atoms with Crippen LogP contribution in [0.4, 0.5) is 0 Å². The van der Waals surface area contributed by atoms with Crippen molar-refractivity contribution in [2.24, 2.45) is 5.92 Å². The summed E-state index contributed by atoms with van der Waals surface area (Å²) in [6.45, 7) is 8.85. The van der Waals surface area contributed by atoms with Gasteiger partial charge in [-0.2, -0.15) is 0 Å². The summed E-state index contributed by atoms with van der Waals surface area (Å²) in [7, 11) is 0. The van der Waals surface area contributed by atoms with Crippen molar-refractivity contribution in [3.8, 4) is 0 Å². The van der Waals surface area contributed by atoms with Gasteiger partial charge in [0.2, 0.25) is 5.91 Å². The van der Waals surface area contributed by atoms with Crippen LogP contribution in [0.3, 0.4) is 0 Å². The average Bonchev–Trinajstić information content (AvgIpc) is 2.90. The molecule has 2 rings (SSSR count). The quantitative estimate of drug-likeness (QED) is 0.687. The summed E-state index contributed by atoms with van der Waals surface area (Å²) in [6.07, 6.45) is 7.20. The van der Waals surface area contributed by atoms with Crippen LogP contribution in [0.2, 0.25) is 0 Å². The van der Waals surface area contributed by atoms with Gasteiger partial charge in [-0.25, -0.2) is 0 Å². The predicted octanol–water partition coefficient (Wildman–Crippen LogP) is 2.19. The molecule has 0 unspecified atom stereocenters. The topological polar surface area (TPSA) is 78.9 Å². The average molecular weight is 352 g/mol. The maximum atomic E-state index is 12.0. The molecule has 0 saturated carbocycles. The van der Waals surface area contributed by atoms with Crippen LogP contribution in [0.25, 0.3) is 0 Å². The van der Waals surface area contributed by atoms with E-state index < -0.39 is 17.6 Å². The number of amides is 1. The van der Waals surface area contributed by atoms with E-state index in [0.717, 1.165) is 19.3 Å². The first-order chi connectivity index (χ1) is 11.9. The fraction of sp³-hybridized carbons (Fsp3) is 0.789. The lowest BCUT2D eigenvalue weighted by Crippen LogP contribution is -2.68. The number of aliphatic carboxylic acids is 1. The molecule has 0 aromatic heterocycles. The lowest BCUT2D eigenvalue weighted by atomic mass is 9.75. The number of carboxylic acids is 1. The number of hydrogen-bond acceptors (Lipinski definition) is 4. The van der Waals surface area contributed by atoms with Gasteiger partial charge >= 0.3 is 5.97 Å².